The molecule has 1 fully saturated rings. The maximum atomic E-state index is 12.4. The summed E-state index contributed by atoms with van der Waals surface area (Å²) in [6.45, 7) is 4.43. The van der Waals surface area contributed by atoms with Gasteiger partial charge in [0.25, 0.3) is 0 Å². The van der Waals surface area contributed by atoms with E-state index in [0.717, 1.165) is 11.1 Å². The van der Waals surface area contributed by atoms with Crippen LogP contribution in [0.1, 0.15) is 41.0 Å². The number of aryl methyl sites for hydroxylation is 2. The number of piperidine rings is 1. The van der Waals surface area contributed by atoms with Gasteiger partial charge in [0.05, 0.1) is 6.54 Å². The van der Waals surface area contributed by atoms with Crippen LogP contribution in [0.4, 0.5) is 0 Å². The molecule has 1 aliphatic heterocycles. The summed E-state index contributed by atoms with van der Waals surface area (Å²) in [5.74, 6) is -0.148. The molecule has 118 valence electrons. The van der Waals surface area contributed by atoms with E-state index in [1.165, 1.54) is 16.0 Å². The van der Waals surface area contributed by atoms with Gasteiger partial charge in [-0.05, 0) is 25.0 Å². The highest BCUT2D eigenvalue weighted by Crippen LogP contribution is 2.30. The van der Waals surface area contributed by atoms with Crippen LogP contribution in [0.25, 0.3) is 0 Å². The molecule has 0 N–H and O–H groups in total. The third kappa shape index (κ3) is 3.50. The SMILES string of the molecule is Cc1ccc(CN2C(=O)CC(c3ccc(C)cc3)CC2=O)cc1. The molecule has 3 heteroatoms. The van der Waals surface area contributed by atoms with Crippen molar-refractivity contribution >= 4 is 11.8 Å². The van der Waals surface area contributed by atoms with Crippen LogP contribution in [0, 0.1) is 13.8 Å². The molecule has 1 aliphatic rings. The zero-order valence-corrected chi connectivity index (χ0v) is 13.6. The minimum atomic E-state index is -0.0765. The summed E-state index contributed by atoms with van der Waals surface area (Å²) in [6.07, 6.45) is 0.807. The summed E-state index contributed by atoms with van der Waals surface area (Å²) in [5.41, 5.74) is 4.42. The third-order valence-electron chi connectivity index (χ3n) is 4.45. The number of hydrogen-bond acceptors (Lipinski definition) is 2. The zero-order chi connectivity index (χ0) is 16.4. The van der Waals surface area contributed by atoms with Gasteiger partial charge < -0.3 is 0 Å². The van der Waals surface area contributed by atoms with Crippen LogP contribution >= 0.6 is 0 Å². The Kier molecular flexibility index (Phi) is 4.28. The lowest BCUT2D eigenvalue weighted by atomic mass is 9.88. The molecule has 2 amide bonds. The molecule has 0 aliphatic carbocycles. The lowest BCUT2D eigenvalue weighted by Gasteiger charge is -2.30. The second-order valence-corrected chi connectivity index (χ2v) is 6.38. The number of benzene rings is 2. The fraction of sp³-hybridized carbons (Fsp3) is 0.300. The van der Waals surface area contributed by atoms with Crippen molar-refractivity contribution < 1.29 is 9.59 Å². The van der Waals surface area contributed by atoms with Gasteiger partial charge in [-0.25, -0.2) is 0 Å². The second-order valence-electron chi connectivity index (χ2n) is 6.38. The number of likely N-dealkylation sites (tertiary alicyclic amines) is 1. The van der Waals surface area contributed by atoms with Gasteiger partial charge in [-0.1, -0.05) is 59.7 Å². The van der Waals surface area contributed by atoms with Gasteiger partial charge in [0.15, 0.2) is 0 Å². The summed E-state index contributed by atoms with van der Waals surface area (Å²) in [6, 6.07) is 16.1. The minimum absolute atomic E-state index is 0.00451. The molecular weight excluding hydrogens is 286 g/mol. The summed E-state index contributed by atoms with van der Waals surface area (Å²) in [5, 5.41) is 0. The number of carbonyl (C=O) groups excluding carboxylic acids is 2. The van der Waals surface area contributed by atoms with Crippen molar-refractivity contribution in [2.45, 2.75) is 39.2 Å². The molecule has 0 saturated carbocycles. The number of nitrogens with zero attached hydrogens (tertiary/aromatic N) is 1. The van der Waals surface area contributed by atoms with Crippen molar-refractivity contribution in [3.8, 4) is 0 Å². The Bertz CT molecular complexity index is 698. The predicted octanol–water partition coefficient (Wildman–Crippen LogP) is 3.74. The van der Waals surface area contributed by atoms with Crippen LogP contribution in [-0.2, 0) is 16.1 Å². The van der Waals surface area contributed by atoms with Gasteiger partial charge in [0.1, 0.15) is 0 Å². The molecule has 1 heterocycles. The van der Waals surface area contributed by atoms with Crippen LogP contribution in [0.5, 0.6) is 0 Å². The normalized spacial score (nSPS) is 16.0. The Hall–Kier alpha value is -2.42. The summed E-state index contributed by atoms with van der Waals surface area (Å²) < 4.78 is 0. The van der Waals surface area contributed by atoms with E-state index >= 15 is 0 Å². The lowest BCUT2D eigenvalue weighted by molar-refractivity contribution is -0.149. The van der Waals surface area contributed by atoms with E-state index in [1.807, 2.05) is 62.4 Å². The van der Waals surface area contributed by atoms with Crippen molar-refractivity contribution in [3.05, 3.63) is 70.8 Å². The molecular formula is C20H21NO2. The smallest absolute Gasteiger partial charge is 0.230 e. The first-order valence-corrected chi connectivity index (χ1v) is 7.98. The number of imide groups is 1. The van der Waals surface area contributed by atoms with E-state index in [4.69, 9.17) is 0 Å². The predicted molar refractivity (Wildman–Crippen MR) is 89.9 cm³/mol. The van der Waals surface area contributed by atoms with E-state index < -0.39 is 0 Å². The van der Waals surface area contributed by atoms with Crippen molar-refractivity contribution in [2.24, 2.45) is 0 Å². The van der Waals surface area contributed by atoms with Crippen molar-refractivity contribution in [1.29, 1.82) is 0 Å². The molecule has 0 spiro atoms. The Morgan fingerprint density at radius 3 is 1.83 bits per heavy atom. The van der Waals surface area contributed by atoms with Crippen LogP contribution in [-0.4, -0.2) is 16.7 Å². The van der Waals surface area contributed by atoms with Gasteiger partial charge in [0.2, 0.25) is 11.8 Å². The maximum absolute atomic E-state index is 12.4. The molecule has 0 aromatic heterocycles. The van der Waals surface area contributed by atoms with Crippen molar-refractivity contribution in [1.82, 2.24) is 4.90 Å². The topological polar surface area (TPSA) is 37.4 Å². The lowest BCUT2D eigenvalue weighted by Crippen LogP contribution is -2.42. The average molecular weight is 307 g/mol. The molecule has 1 saturated heterocycles. The van der Waals surface area contributed by atoms with Crippen molar-refractivity contribution in [2.75, 3.05) is 0 Å². The second kappa shape index (κ2) is 6.37. The number of hydrogen-bond donors (Lipinski definition) is 0. The maximum Gasteiger partial charge on any atom is 0.230 e. The summed E-state index contributed by atoms with van der Waals surface area (Å²) in [7, 11) is 0. The van der Waals surface area contributed by atoms with Gasteiger partial charge in [0, 0.05) is 18.8 Å². The third-order valence-corrected chi connectivity index (χ3v) is 4.45. The fourth-order valence-corrected chi connectivity index (χ4v) is 2.98. The van der Waals surface area contributed by atoms with Crippen molar-refractivity contribution in [3.63, 3.8) is 0 Å². The number of amides is 2. The summed E-state index contributed by atoms with van der Waals surface area (Å²) in [4.78, 5) is 26.3. The van der Waals surface area contributed by atoms with Gasteiger partial charge in [-0.2, -0.15) is 0 Å². The van der Waals surface area contributed by atoms with Gasteiger partial charge in [-0.3, -0.25) is 14.5 Å². The Balaban J connectivity index is 1.72. The number of rotatable bonds is 3. The van der Waals surface area contributed by atoms with Crippen LogP contribution < -0.4 is 0 Å². The Morgan fingerprint density at radius 2 is 1.30 bits per heavy atom. The molecule has 3 rings (SSSR count). The molecule has 23 heavy (non-hydrogen) atoms. The highest BCUT2D eigenvalue weighted by Gasteiger charge is 2.33. The molecule has 0 radical (unpaired) electrons. The van der Waals surface area contributed by atoms with Crippen LogP contribution in [0.3, 0.4) is 0 Å². The highest BCUT2D eigenvalue weighted by atomic mass is 16.2. The summed E-state index contributed by atoms with van der Waals surface area (Å²) >= 11 is 0. The van der Waals surface area contributed by atoms with E-state index in [-0.39, 0.29) is 17.7 Å². The molecule has 0 atom stereocenters. The minimum Gasteiger partial charge on any atom is -0.278 e. The highest BCUT2D eigenvalue weighted by molar-refractivity contribution is 5.98. The average Bonchev–Trinajstić information content (AvgIpc) is 2.53. The standard InChI is InChI=1S/C20H21NO2/c1-14-3-7-16(8-4-14)13-21-19(22)11-18(12-20(21)23)17-9-5-15(2)6-10-17/h3-10,18H,11-13H2,1-2H3. The van der Waals surface area contributed by atoms with E-state index in [9.17, 15) is 9.59 Å². The fourth-order valence-electron chi connectivity index (χ4n) is 2.98. The Labute approximate surface area is 136 Å². The van der Waals surface area contributed by atoms with Crippen LogP contribution in [0.2, 0.25) is 0 Å². The molecule has 0 unspecified atom stereocenters. The van der Waals surface area contributed by atoms with E-state index in [0.29, 0.717) is 19.4 Å². The monoisotopic (exact) mass is 307 g/mol. The van der Waals surface area contributed by atoms with Crippen LogP contribution in [0.15, 0.2) is 48.5 Å². The molecule has 2 aromatic rings. The first-order valence-electron chi connectivity index (χ1n) is 7.98. The van der Waals surface area contributed by atoms with Gasteiger partial charge in [-0.15, -0.1) is 0 Å². The zero-order valence-electron chi connectivity index (χ0n) is 13.6. The number of carbonyl (C=O) groups is 2. The largest absolute Gasteiger partial charge is 0.278 e. The molecule has 3 nitrogen and oxygen atoms in total. The molecule has 0 bridgehead atoms. The van der Waals surface area contributed by atoms with E-state index in [1.54, 1.807) is 0 Å². The quantitative estimate of drug-likeness (QED) is 0.810. The first-order chi connectivity index (χ1) is 11.0. The van der Waals surface area contributed by atoms with E-state index in [2.05, 4.69) is 0 Å². The van der Waals surface area contributed by atoms with Gasteiger partial charge >= 0.3 is 0 Å². The molecule has 2 aromatic carbocycles. The Morgan fingerprint density at radius 1 is 0.826 bits per heavy atom. The first kappa shape index (κ1) is 15.5.